The van der Waals surface area contributed by atoms with Crippen molar-refractivity contribution in [1.82, 2.24) is 9.78 Å². The van der Waals surface area contributed by atoms with Gasteiger partial charge in [-0.1, -0.05) is 6.07 Å². The van der Waals surface area contributed by atoms with Crippen LogP contribution in [0.5, 0.6) is 0 Å². The normalized spacial score (nSPS) is 13.9. The highest BCUT2D eigenvalue weighted by molar-refractivity contribution is 5.93. The number of aryl methyl sites for hydroxylation is 4. The minimum atomic E-state index is -0.827. The number of carbonyl (C=O) groups excluding carboxylic acids is 1. The van der Waals surface area contributed by atoms with Crippen molar-refractivity contribution in [2.45, 2.75) is 46.1 Å². The zero-order valence-corrected chi connectivity index (χ0v) is 16.8. The van der Waals surface area contributed by atoms with Gasteiger partial charge in [0, 0.05) is 11.3 Å². The Morgan fingerprint density at radius 2 is 1.97 bits per heavy atom. The Balaban J connectivity index is 1.64. The third-order valence-electron chi connectivity index (χ3n) is 5.39. The van der Waals surface area contributed by atoms with E-state index in [1.165, 1.54) is 17.2 Å². The van der Waals surface area contributed by atoms with E-state index in [1.54, 1.807) is 6.92 Å². The SMILES string of the molecule is Cc1cc(-c2cc(N)c(=O)n(C(C)C(=O)Nc3ccc4c(c3)CCC4)n2)c(C)o1. The molecule has 7 heteroatoms. The fourth-order valence-electron chi connectivity index (χ4n) is 3.82. The molecule has 2 aromatic heterocycles. The minimum Gasteiger partial charge on any atom is -0.466 e. The summed E-state index contributed by atoms with van der Waals surface area (Å²) in [5.41, 5.74) is 10.0. The molecule has 1 unspecified atom stereocenters. The molecule has 1 aliphatic rings. The number of nitrogens with one attached hydrogen (secondary N) is 1. The van der Waals surface area contributed by atoms with E-state index in [9.17, 15) is 9.59 Å². The lowest BCUT2D eigenvalue weighted by atomic mass is 10.1. The van der Waals surface area contributed by atoms with Crippen LogP contribution in [0.2, 0.25) is 0 Å². The molecule has 0 spiro atoms. The van der Waals surface area contributed by atoms with Gasteiger partial charge in [-0.15, -0.1) is 0 Å². The molecule has 2 heterocycles. The maximum Gasteiger partial charge on any atom is 0.290 e. The maximum absolute atomic E-state index is 12.8. The number of hydrogen-bond donors (Lipinski definition) is 2. The Kier molecular flexibility index (Phi) is 4.74. The second-order valence-corrected chi connectivity index (χ2v) is 7.56. The van der Waals surface area contributed by atoms with Crippen molar-refractivity contribution in [2.24, 2.45) is 0 Å². The first-order valence-electron chi connectivity index (χ1n) is 9.73. The van der Waals surface area contributed by atoms with Crippen molar-refractivity contribution in [3.63, 3.8) is 0 Å². The van der Waals surface area contributed by atoms with E-state index in [2.05, 4.69) is 16.5 Å². The van der Waals surface area contributed by atoms with Gasteiger partial charge in [0.15, 0.2) is 0 Å². The zero-order chi connectivity index (χ0) is 20.7. The van der Waals surface area contributed by atoms with Gasteiger partial charge in [-0.25, -0.2) is 4.68 Å². The molecule has 29 heavy (non-hydrogen) atoms. The fourth-order valence-corrected chi connectivity index (χ4v) is 3.82. The summed E-state index contributed by atoms with van der Waals surface area (Å²) in [5.74, 6) is 1.09. The predicted molar refractivity (Wildman–Crippen MR) is 112 cm³/mol. The van der Waals surface area contributed by atoms with E-state index in [-0.39, 0.29) is 11.6 Å². The molecule has 7 nitrogen and oxygen atoms in total. The van der Waals surface area contributed by atoms with Gasteiger partial charge in [0.1, 0.15) is 23.2 Å². The van der Waals surface area contributed by atoms with Crippen LogP contribution in [0, 0.1) is 13.8 Å². The van der Waals surface area contributed by atoms with Crippen molar-refractivity contribution in [3.05, 3.63) is 63.3 Å². The topological polar surface area (TPSA) is 103 Å². The fraction of sp³-hybridized carbons (Fsp3) is 0.318. The molecular weight excluding hydrogens is 368 g/mol. The number of aromatic nitrogens is 2. The van der Waals surface area contributed by atoms with Crippen LogP contribution < -0.4 is 16.6 Å². The molecule has 0 aliphatic heterocycles. The summed E-state index contributed by atoms with van der Waals surface area (Å²) in [5, 5.41) is 7.29. The first-order valence-corrected chi connectivity index (χ1v) is 9.73. The zero-order valence-electron chi connectivity index (χ0n) is 16.8. The average Bonchev–Trinajstić information content (AvgIpc) is 3.28. The summed E-state index contributed by atoms with van der Waals surface area (Å²) in [7, 11) is 0. The first kappa shape index (κ1) is 19.0. The van der Waals surface area contributed by atoms with Gasteiger partial charge in [-0.3, -0.25) is 9.59 Å². The highest BCUT2D eigenvalue weighted by atomic mass is 16.3. The third kappa shape index (κ3) is 3.55. The summed E-state index contributed by atoms with van der Waals surface area (Å²) >= 11 is 0. The number of nitrogen functional groups attached to an aromatic ring is 1. The number of nitrogens with zero attached hydrogens (tertiary/aromatic N) is 2. The summed E-state index contributed by atoms with van der Waals surface area (Å²) in [6.45, 7) is 5.29. The van der Waals surface area contributed by atoms with Gasteiger partial charge in [0.05, 0.1) is 5.69 Å². The largest absolute Gasteiger partial charge is 0.466 e. The molecule has 0 radical (unpaired) electrons. The lowest BCUT2D eigenvalue weighted by Crippen LogP contribution is -2.34. The van der Waals surface area contributed by atoms with E-state index in [1.807, 2.05) is 32.0 Å². The molecule has 1 atom stereocenters. The van der Waals surface area contributed by atoms with Crippen LogP contribution in [0.15, 0.2) is 39.5 Å². The van der Waals surface area contributed by atoms with Gasteiger partial charge in [0.25, 0.3) is 5.56 Å². The van der Waals surface area contributed by atoms with Crippen LogP contribution in [0.1, 0.15) is 42.0 Å². The summed E-state index contributed by atoms with van der Waals surface area (Å²) in [6, 6.07) is 8.48. The van der Waals surface area contributed by atoms with Crippen LogP contribution in [0.25, 0.3) is 11.3 Å². The number of hydrogen-bond acceptors (Lipinski definition) is 5. The van der Waals surface area contributed by atoms with E-state index in [0.717, 1.165) is 41.0 Å². The molecular formula is C22H24N4O3. The first-order chi connectivity index (χ1) is 13.8. The number of furan rings is 1. The summed E-state index contributed by atoms with van der Waals surface area (Å²) < 4.78 is 6.69. The molecule has 3 aromatic rings. The lowest BCUT2D eigenvalue weighted by Gasteiger charge is -2.16. The Morgan fingerprint density at radius 3 is 2.69 bits per heavy atom. The number of anilines is 2. The van der Waals surface area contributed by atoms with Gasteiger partial charge in [-0.2, -0.15) is 5.10 Å². The van der Waals surface area contributed by atoms with Crippen LogP contribution in [0.4, 0.5) is 11.4 Å². The van der Waals surface area contributed by atoms with E-state index in [4.69, 9.17) is 10.2 Å². The van der Waals surface area contributed by atoms with E-state index < -0.39 is 11.6 Å². The smallest absolute Gasteiger partial charge is 0.290 e. The Morgan fingerprint density at radius 1 is 1.21 bits per heavy atom. The number of nitrogens with two attached hydrogens (primary N) is 1. The third-order valence-corrected chi connectivity index (χ3v) is 5.39. The van der Waals surface area contributed by atoms with Crippen LogP contribution in [0.3, 0.4) is 0 Å². The number of fused-ring (bicyclic) bond motifs is 1. The predicted octanol–water partition coefficient (Wildman–Crippen LogP) is 3.39. The van der Waals surface area contributed by atoms with Gasteiger partial charge in [0.2, 0.25) is 5.91 Å². The number of benzene rings is 1. The van der Waals surface area contributed by atoms with Crippen LogP contribution in [-0.4, -0.2) is 15.7 Å². The van der Waals surface area contributed by atoms with Crippen LogP contribution >= 0.6 is 0 Å². The molecule has 150 valence electrons. The van der Waals surface area contributed by atoms with Crippen LogP contribution in [-0.2, 0) is 17.6 Å². The van der Waals surface area contributed by atoms with Crippen molar-refractivity contribution in [3.8, 4) is 11.3 Å². The molecule has 4 rings (SSSR count). The number of amides is 1. The Labute approximate surface area is 168 Å². The Bertz CT molecular complexity index is 1160. The molecule has 3 N–H and O–H groups in total. The molecule has 0 bridgehead atoms. The van der Waals surface area contributed by atoms with E-state index >= 15 is 0 Å². The number of rotatable bonds is 4. The average molecular weight is 392 g/mol. The molecule has 0 fully saturated rings. The minimum absolute atomic E-state index is 0.0328. The lowest BCUT2D eigenvalue weighted by molar-refractivity contribution is -0.119. The quantitative estimate of drug-likeness (QED) is 0.708. The van der Waals surface area contributed by atoms with Crippen molar-refractivity contribution < 1.29 is 9.21 Å². The van der Waals surface area contributed by atoms with E-state index in [0.29, 0.717) is 11.5 Å². The molecule has 0 saturated carbocycles. The standard InChI is InChI=1S/C22H24N4O3/c1-12-9-18(14(3)29-12)20-11-19(23)22(28)26(25-20)13(2)21(27)24-17-8-7-15-5-4-6-16(15)10-17/h7-11,13H,4-6,23H2,1-3H3,(H,24,27). The summed E-state index contributed by atoms with van der Waals surface area (Å²) in [6.07, 6.45) is 3.25. The maximum atomic E-state index is 12.8. The Hall–Kier alpha value is -3.35. The van der Waals surface area contributed by atoms with Crippen molar-refractivity contribution in [2.75, 3.05) is 11.1 Å². The summed E-state index contributed by atoms with van der Waals surface area (Å²) in [4.78, 5) is 25.4. The van der Waals surface area contributed by atoms with Gasteiger partial charge < -0.3 is 15.5 Å². The van der Waals surface area contributed by atoms with Crippen molar-refractivity contribution in [1.29, 1.82) is 0 Å². The van der Waals surface area contributed by atoms with Gasteiger partial charge >= 0.3 is 0 Å². The second kappa shape index (κ2) is 7.24. The molecule has 1 aromatic carbocycles. The highest BCUT2D eigenvalue weighted by Gasteiger charge is 2.22. The second-order valence-electron chi connectivity index (χ2n) is 7.56. The molecule has 1 amide bonds. The molecule has 0 saturated heterocycles. The highest BCUT2D eigenvalue weighted by Crippen LogP contribution is 2.27. The van der Waals surface area contributed by atoms with Crippen molar-refractivity contribution >= 4 is 17.3 Å². The molecule has 1 aliphatic carbocycles. The number of carbonyl (C=O) groups is 1. The monoisotopic (exact) mass is 392 g/mol. The van der Waals surface area contributed by atoms with Gasteiger partial charge in [-0.05, 0) is 75.4 Å².